The molecule has 0 aliphatic heterocycles. The van der Waals surface area contributed by atoms with Crippen LogP contribution in [0.25, 0.3) is 11.1 Å². The molecule has 0 bridgehead atoms. The zero-order chi connectivity index (χ0) is 30.9. The molecule has 3 rings (SSSR count). The topological polar surface area (TPSA) is 105 Å². The number of benzene rings is 3. The predicted octanol–water partition coefficient (Wildman–Crippen LogP) is 3.43. The smallest absolute Gasteiger partial charge is 0.249 e. The van der Waals surface area contributed by atoms with Crippen molar-refractivity contribution in [2.45, 2.75) is 44.3 Å². The third-order valence-electron chi connectivity index (χ3n) is 7.07. The largest absolute Gasteiger partial charge is 0.370 e. The van der Waals surface area contributed by atoms with E-state index in [1.807, 2.05) is 54.6 Å². The maximum absolute atomic E-state index is 14.5. The summed E-state index contributed by atoms with van der Waals surface area (Å²) in [6, 6.07) is 21.9. The number of nitrogens with one attached hydrogen (secondary N) is 1. The van der Waals surface area contributed by atoms with Gasteiger partial charge in [-0.25, -0.2) is 4.39 Å². The van der Waals surface area contributed by atoms with E-state index in [-0.39, 0.29) is 26.1 Å². The van der Waals surface area contributed by atoms with Crippen LogP contribution in [-0.2, 0) is 32.0 Å². The van der Waals surface area contributed by atoms with Gasteiger partial charge in [-0.3, -0.25) is 14.4 Å². The lowest BCUT2D eigenvalue weighted by Crippen LogP contribution is -2.56. The average molecular weight is 577 g/mol. The number of hydrogen-bond acceptors (Lipinski definition) is 5. The van der Waals surface area contributed by atoms with E-state index < -0.39 is 41.2 Å². The van der Waals surface area contributed by atoms with Crippen molar-refractivity contribution >= 4 is 17.7 Å². The first kappa shape index (κ1) is 32.4. The summed E-state index contributed by atoms with van der Waals surface area (Å²) in [5.41, 5.74) is 8.57. The van der Waals surface area contributed by atoms with Crippen molar-refractivity contribution in [2.24, 2.45) is 5.73 Å². The molecule has 0 aliphatic carbocycles. The minimum absolute atomic E-state index is 0.0283. The number of rotatable bonds is 13. The highest BCUT2D eigenvalue weighted by molar-refractivity contribution is 5.92. The van der Waals surface area contributed by atoms with Crippen molar-refractivity contribution in [1.82, 2.24) is 15.1 Å². The van der Waals surface area contributed by atoms with E-state index in [1.54, 1.807) is 39.1 Å². The predicted molar refractivity (Wildman–Crippen MR) is 162 cm³/mol. The van der Waals surface area contributed by atoms with Crippen LogP contribution in [0.4, 0.5) is 4.39 Å². The maximum atomic E-state index is 14.5. The minimum Gasteiger partial charge on any atom is -0.370 e. The summed E-state index contributed by atoms with van der Waals surface area (Å²) in [7, 11) is 4.51. The van der Waals surface area contributed by atoms with Crippen LogP contribution in [0.15, 0.2) is 78.9 Å². The molecule has 0 heterocycles. The van der Waals surface area contributed by atoms with E-state index in [9.17, 15) is 18.8 Å². The van der Waals surface area contributed by atoms with Crippen LogP contribution in [0.3, 0.4) is 0 Å². The third kappa shape index (κ3) is 8.96. The number of carbonyl (C=O) groups excluding carboxylic acids is 3. The first-order valence-corrected chi connectivity index (χ1v) is 13.9. The fraction of sp³-hybridized carbons (Fsp3) is 0.364. The third-order valence-corrected chi connectivity index (χ3v) is 7.07. The lowest BCUT2D eigenvalue weighted by molar-refractivity contribution is -0.149. The van der Waals surface area contributed by atoms with Gasteiger partial charge >= 0.3 is 0 Å². The van der Waals surface area contributed by atoms with Crippen molar-refractivity contribution in [1.29, 1.82) is 0 Å². The van der Waals surface area contributed by atoms with Crippen molar-refractivity contribution < 1.29 is 23.5 Å². The van der Waals surface area contributed by atoms with Crippen molar-refractivity contribution in [3.05, 3.63) is 95.8 Å². The van der Waals surface area contributed by atoms with Gasteiger partial charge in [0.2, 0.25) is 17.7 Å². The molecular formula is C33H41FN4O4. The van der Waals surface area contributed by atoms with Gasteiger partial charge in [0.05, 0.1) is 6.61 Å². The number of halogens is 1. The summed E-state index contributed by atoms with van der Waals surface area (Å²) < 4.78 is 20.0. The van der Waals surface area contributed by atoms with Gasteiger partial charge in [0.1, 0.15) is 24.5 Å². The Labute approximate surface area is 247 Å². The van der Waals surface area contributed by atoms with E-state index in [4.69, 9.17) is 10.5 Å². The summed E-state index contributed by atoms with van der Waals surface area (Å²) >= 11 is 0. The Bertz CT molecular complexity index is 1340. The fourth-order valence-electron chi connectivity index (χ4n) is 4.59. The number of nitrogens with zero attached hydrogens (tertiary/aromatic N) is 2. The van der Waals surface area contributed by atoms with Gasteiger partial charge in [0, 0.05) is 39.5 Å². The van der Waals surface area contributed by atoms with Crippen molar-refractivity contribution in [3.8, 4) is 11.1 Å². The lowest BCUT2D eigenvalue weighted by Gasteiger charge is -2.34. The van der Waals surface area contributed by atoms with Crippen LogP contribution >= 0.6 is 0 Å². The average Bonchev–Trinajstić information content (AvgIpc) is 2.98. The lowest BCUT2D eigenvalue weighted by atomic mass is 9.98. The van der Waals surface area contributed by atoms with Gasteiger partial charge in [-0.05, 0) is 42.2 Å². The first-order chi connectivity index (χ1) is 19.9. The van der Waals surface area contributed by atoms with E-state index in [1.165, 1.54) is 30.0 Å². The summed E-state index contributed by atoms with van der Waals surface area (Å²) in [4.78, 5) is 42.8. The monoisotopic (exact) mass is 576 g/mol. The highest BCUT2D eigenvalue weighted by Crippen LogP contribution is 2.22. The molecule has 2 atom stereocenters. The second-order valence-electron chi connectivity index (χ2n) is 11.1. The van der Waals surface area contributed by atoms with Gasteiger partial charge < -0.3 is 25.6 Å². The molecule has 3 N–H and O–H groups in total. The highest BCUT2D eigenvalue weighted by atomic mass is 19.1. The summed E-state index contributed by atoms with van der Waals surface area (Å²) in [5, 5.41) is 2.58. The van der Waals surface area contributed by atoms with Crippen LogP contribution in [0, 0.1) is 5.82 Å². The Morgan fingerprint density at radius 3 is 2.05 bits per heavy atom. The van der Waals surface area contributed by atoms with Crippen LogP contribution < -0.4 is 11.1 Å². The molecule has 42 heavy (non-hydrogen) atoms. The van der Waals surface area contributed by atoms with Crippen LogP contribution in [-0.4, -0.2) is 79.5 Å². The van der Waals surface area contributed by atoms with Gasteiger partial charge in [-0.2, -0.15) is 0 Å². The zero-order valence-corrected chi connectivity index (χ0v) is 25.0. The van der Waals surface area contributed by atoms with Crippen LogP contribution in [0.2, 0.25) is 0 Å². The summed E-state index contributed by atoms with van der Waals surface area (Å²) in [6.07, 6.45) is 0.169. The number of ether oxygens (including phenoxy) is 1. The molecule has 0 spiro atoms. The Kier molecular flexibility index (Phi) is 11.4. The standard InChI is InChI=1S/C33H41FN4O4/c1-33(2,35)22-42-21-30(39)37(4)29(19-23-15-17-25(18-16-23)24-11-7-6-8-12-24)32(41)38(5)28(31(40)36-3)20-26-13-9-10-14-27(26)34/h6-18,28-29H,19-22,35H2,1-5H3,(H,36,40)/t28-,29-/m1/s1. The molecule has 0 aromatic heterocycles. The molecule has 0 fully saturated rings. The highest BCUT2D eigenvalue weighted by Gasteiger charge is 2.35. The number of hydrogen-bond donors (Lipinski definition) is 2. The number of nitrogens with two attached hydrogens (primary N) is 1. The minimum atomic E-state index is -1.000. The Morgan fingerprint density at radius 2 is 1.45 bits per heavy atom. The molecule has 9 heteroatoms. The van der Waals surface area contributed by atoms with E-state index in [2.05, 4.69) is 5.32 Å². The molecule has 8 nitrogen and oxygen atoms in total. The number of likely N-dealkylation sites (N-methyl/N-ethyl adjacent to an activating group) is 3. The second-order valence-corrected chi connectivity index (χ2v) is 11.1. The molecule has 0 unspecified atom stereocenters. The van der Waals surface area contributed by atoms with Crippen molar-refractivity contribution in [3.63, 3.8) is 0 Å². The molecule has 3 amide bonds. The molecule has 3 aromatic rings. The molecule has 3 aromatic carbocycles. The molecule has 0 saturated carbocycles. The van der Waals surface area contributed by atoms with Gasteiger partial charge in [0.15, 0.2) is 0 Å². The summed E-state index contributed by atoms with van der Waals surface area (Å²) in [6.45, 7) is 3.48. The SMILES string of the molecule is CNC(=O)[C@@H](Cc1ccccc1F)N(C)C(=O)[C@@H](Cc1ccc(-c2ccccc2)cc1)N(C)C(=O)COCC(C)(C)N. The van der Waals surface area contributed by atoms with Gasteiger partial charge in [0.25, 0.3) is 0 Å². The Balaban J connectivity index is 1.89. The molecule has 0 aliphatic rings. The number of amides is 3. The second kappa shape index (κ2) is 14.7. The van der Waals surface area contributed by atoms with Crippen LogP contribution in [0.5, 0.6) is 0 Å². The Hall–Kier alpha value is -4.08. The first-order valence-electron chi connectivity index (χ1n) is 13.9. The van der Waals surface area contributed by atoms with Crippen LogP contribution in [0.1, 0.15) is 25.0 Å². The van der Waals surface area contributed by atoms with E-state index >= 15 is 0 Å². The Morgan fingerprint density at radius 1 is 0.857 bits per heavy atom. The maximum Gasteiger partial charge on any atom is 0.249 e. The molecule has 0 saturated heterocycles. The van der Waals surface area contributed by atoms with Crippen molar-refractivity contribution in [2.75, 3.05) is 34.4 Å². The molecular weight excluding hydrogens is 535 g/mol. The summed E-state index contributed by atoms with van der Waals surface area (Å²) in [5.74, 6) is -1.77. The normalized spacial score (nSPS) is 12.7. The quantitative estimate of drug-likeness (QED) is 0.325. The number of carbonyl (C=O) groups is 3. The fourth-order valence-corrected chi connectivity index (χ4v) is 4.59. The molecule has 0 radical (unpaired) electrons. The van der Waals surface area contributed by atoms with E-state index in [0.717, 1.165) is 16.7 Å². The van der Waals surface area contributed by atoms with Gasteiger partial charge in [-0.1, -0.05) is 72.8 Å². The molecule has 224 valence electrons. The zero-order valence-electron chi connectivity index (χ0n) is 25.0. The van der Waals surface area contributed by atoms with E-state index in [0.29, 0.717) is 5.56 Å². The van der Waals surface area contributed by atoms with Gasteiger partial charge in [-0.15, -0.1) is 0 Å².